The topological polar surface area (TPSA) is 177 Å². The number of nitrogens with one attached hydrogen (secondary N) is 3. The molecule has 0 aliphatic carbocycles. The van der Waals surface area contributed by atoms with Gasteiger partial charge in [-0.25, -0.2) is 0 Å². The Kier molecular flexibility index (Phi) is 7.00. The van der Waals surface area contributed by atoms with E-state index in [0.29, 0.717) is 93.1 Å². The molecule has 2 aliphatic rings. The van der Waals surface area contributed by atoms with Crippen LogP contribution in [-0.4, -0.2) is 53.4 Å². The molecule has 46 heavy (non-hydrogen) atoms. The molecule has 0 saturated heterocycles. The molecule has 2 aromatic carbocycles. The van der Waals surface area contributed by atoms with Gasteiger partial charge in [0, 0.05) is 35.1 Å². The van der Waals surface area contributed by atoms with Gasteiger partial charge in [0.1, 0.15) is 5.75 Å². The highest BCUT2D eigenvalue weighted by Gasteiger charge is 2.23. The van der Waals surface area contributed by atoms with Gasteiger partial charge in [-0.2, -0.15) is 0 Å². The molecular weight excluding hydrogens is 586 g/mol. The van der Waals surface area contributed by atoms with Gasteiger partial charge in [0.2, 0.25) is 5.91 Å². The average Bonchev–Trinajstić information content (AvgIpc) is 3.82. The van der Waals surface area contributed by atoms with Gasteiger partial charge >= 0.3 is 0 Å². The molecule has 0 saturated carbocycles. The fourth-order valence-electron chi connectivity index (χ4n) is 6.13. The lowest BCUT2D eigenvalue weighted by atomic mass is 10.0. The quantitative estimate of drug-likeness (QED) is 0.128. The van der Waals surface area contributed by atoms with Gasteiger partial charge in [-0.3, -0.25) is 14.8 Å². The van der Waals surface area contributed by atoms with E-state index in [4.69, 9.17) is 14.7 Å². The number of carbonyl (C=O) groups excluding carboxylic acids is 1. The van der Waals surface area contributed by atoms with E-state index in [1.807, 2.05) is 36.4 Å². The minimum Gasteiger partial charge on any atom is -0.503 e. The number of aromatic nitrogens is 4. The van der Waals surface area contributed by atoms with Crippen LogP contribution >= 0.6 is 0 Å². The smallest absolute Gasteiger partial charge is 0.221 e. The molecule has 0 radical (unpaired) electrons. The van der Waals surface area contributed by atoms with E-state index in [2.05, 4.69) is 15.3 Å². The number of rotatable bonds is 4. The third-order valence-corrected chi connectivity index (χ3v) is 8.32. The number of ether oxygens (including phenoxy) is 1. The summed E-state index contributed by atoms with van der Waals surface area (Å²) in [5, 5.41) is 47.3. The Morgan fingerprint density at radius 3 is 1.59 bits per heavy atom. The normalized spacial score (nSPS) is 12.7. The SMILES string of the molecule is COc1ccc(-c2c3nc(cc4[nH]c(c(O)c4O)c(-c4ccc(NC(C)=O)cc4)c4nc(cc5[nH]c2c(O)c5O)CC4)CC3)cc1. The second kappa shape index (κ2) is 11.2. The highest BCUT2D eigenvalue weighted by atomic mass is 16.5. The van der Waals surface area contributed by atoms with E-state index in [-0.39, 0.29) is 34.4 Å². The summed E-state index contributed by atoms with van der Waals surface area (Å²) in [4.78, 5) is 27.8. The van der Waals surface area contributed by atoms with Crippen LogP contribution in [0, 0.1) is 0 Å². The third kappa shape index (κ3) is 5.01. The Balaban J connectivity index is 1.56. The zero-order valence-corrected chi connectivity index (χ0v) is 25.1. The molecule has 2 aliphatic heterocycles. The monoisotopic (exact) mass is 617 g/mol. The van der Waals surface area contributed by atoms with Crippen molar-refractivity contribution in [2.75, 3.05) is 12.4 Å². The molecule has 0 fully saturated rings. The minimum absolute atomic E-state index is 0.196. The highest BCUT2D eigenvalue weighted by Crippen LogP contribution is 2.43. The first-order chi connectivity index (χ1) is 22.2. The summed E-state index contributed by atoms with van der Waals surface area (Å²) in [6, 6.07) is 17.9. The van der Waals surface area contributed by atoms with Gasteiger partial charge in [-0.05, 0) is 73.2 Å². The van der Waals surface area contributed by atoms with Gasteiger partial charge in [0.15, 0.2) is 23.0 Å². The molecule has 0 atom stereocenters. The Hall–Kier alpha value is -5.97. The first-order valence-electron chi connectivity index (χ1n) is 14.8. The van der Waals surface area contributed by atoms with Crippen LogP contribution in [0.1, 0.15) is 29.7 Å². The largest absolute Gasteiger partial charge is 0.503 e. The number of benzene rings is 2. The van der Waals surface area contributed by atoms with E-state index in [1.165, 1.54) is 6.92 Å². The van der Waals surface area contributed by atoms with Crippen LogP contribution in [0.25, 0.3) is 44.3 Å². The van der Waals surface area contributed by atoms with Crippen molar-refractivity contribution in [3.63, 3.8) is 0 Å². The van der Waals surface area contributed by atoms with Gasteiger partial charge in [-0.15, -0.1) is 0 Å². The maximum atomic E-state index is 11.6. The molecule has 0 unspecified atom stereocenters. The molecule has 0 spiro atoms. The molecule has 7 rings (SSSR count). The number of hydrogen-bond acceptors (Lipinski definition) is 8. The predicted molar refractivity (Wildman–Crippen MR) is 174 cm³/mol. The van der Waals surface area contributed by atoms with Crippen LogP contribution in [-0.2, 0) is 30.5 Å². The number of methoxy groups -OCH3 is 1. The molecule has 1 amide bonds. The summed E-state index contributed by atoms with van der Waals surface area (Å²) in [5.74, 6) is -0.758. The Labute approximate surface area is 262 Å². The molecule has 232 valence electrons. The molecule has 5 heterocycles. The third-order valence-electron chi connectivity index (χ3n) is 8.32. The van der Waals surface area contributed by atoms with E-state index < -0.39 is 0 Å². The first kappa shape index (κ1) is 28.8. The number of nitrogens with zero attached hydrogens (tertiary/aromatic N) is 2. The molecule has 7 N–H and O–H groups in total. The summed E-state index contributed by atoms with van der Waals surface area (Å²) in [6.45, 7) is 1.43. The van der Waals surface area contributed by atoms with Crippen molar-refractivity contribution in [3.05, 3.63) is 83.4 Å². The molecule has 8 bridgehead atoms. The maximum Gasteiger partial charge on any atom is 0.221 e. The van der Waals surface area contributed by atoms with Crippen molar-refractivity contribution in [2.24, 2.45) is 0 Å². The number of aromatic hydroxyl groups is 4. The van der Waals surface area contributed by atoms with Gasteiger partial charge in [0.05, 0.1) is 40.6 Å². The van der Waals surface area contributed by atoms with Crippen molar-refractivity contribution >= 4 is 33.7 Å². The number of aryl methyl sites for hydroxylation is 4. The number of amides is 1. The zero-order valence-electron chi connectivity index (χ0n) is 25.1. The lowest BCUT2D eigenvalue weighted by molar-refractivity contribution is -0.114. The number of anilines is 1. The standard InChI is InChI=1S/C35H31N5O6/c1-17(41)36-20-7-3-18(4-8-20)28-24-13-9-21(37-24)15-27-33(43)35(45)31(40-27)29(19-5-11-23(46-2)12-6-19)25-14-10-22(38-25)16-26-32(42)34(44)30(28)39-26/h3-8,11-12,15-16,39-40,42-45H,9-10,13-14H2,1-2H3,(H,36,41). The van der Waals surface area contributed by atoms with E-state index >= 15 is 0 Å². The Morgan fingerprint density at radius 1 is 0.696 bits per heavy atom. The molecular formula is C35H31N5O6. The van der Waals surface area contributed by atoms with Crippen LogP contribution in [0.5, 0.6) is 28.7 Å². The minimum atomic E-state index is -0.318. The molecule has 11 nitrogen and oxygen atoms in total. The van der Waals surface area contributed by atoms with Gasteiger partial charge < -0.3 is 40.4 Å². The van der Waals surface area contributed by atoms with Crippen molar-refractivity contribution in [1.82, 2.24) is 19.9 Å². The Morgan fingerprint density at radius 2 is 1.15 bits per heavy atom. The predicted octanol–water partition coefficient (Wildman–Crippen LogP) is 6.01. The summed E-state index contributed by atoms with van der Waals surface area (Å²) in [7, 11) is 1.59. The van der Waals surface area contributed by atoms with Gasteiger partial charge in [0.25, 0.3) is 0 Å². The lowest BCUT2D eigenvalue weighted by Gasteiger charge is -2.07. The number of aromatic amines is 2. The van der Waals surface area contributed by atoms with Crippen molar-refractivity contribution in [3.8, 4) is 51.0 Å². The molecule has 11 heteroatoms. The van der Waals surface area contributed by atoms with Gasteiger partial charge in [-0.1, -0.05) is 24.3 Å². The second-order valence-corrected chi connectivity index (χ2v) is 11.3. The van der Waals surface area contributed by atoms with Crippen LogP contribution in [0.4, 0.5) is 5.69 Å². The van der Waals surface area contributed by atoms with E-state index in [1.54, 1.807) is 31.4 Å². The first-order valence-corrected chi connectivity index (χ1v) is 14.8. The van der Waals surface area contributed by atoms with Crippen LogP contribution < -0.4 is 10.1 Å². The van der Waals surface area contributed by atoms with E-state index in [0.717, 1.165) is 5.56 Å². The number of fused-ring (bicyclic) bond motifs is 8. The van der Waals surface area contributed by atoms with Crippen molar-refractivity contribution in [1.29, 1.82) is 0 Å². The summed E-state index contributed by atoms with van der Waals surface area (Å²) in [5.41, 5.74) is 7.05. The Bertz CT molecular complexity index is 2180. The summed E-state index contributed by atoms with van der Waals surface area (Å²) < 4.78 is 5.34. The maximum absolute atomic E-state index is 11.6. The second-order valence-electron chi connectivity index (χ2n) is 11.3. The molecule has 3 aromatic heterocycles. The lowest BCUT2D eigenvalue weighted by Crippen LogP contribution is -2.05. The van der Waals surface area contributed by atoms with Crippen LogP contribution in [0.3, 0.4) is 0 Å². The van der Waals surface area contributed by atoms with Crippen LogP contribution in [0.15, 0.2) is 60.7 Å². The molecule has 5 aromatic rings. The van der Waals surface area contributed by atoms with Crippen LogP contribution in [0.2, 0.25) is 0 Å². The number of carbonyl (C=O) groups is 1. The van der Waals surface area contributed by atoms with E-state index in [9.17, 15) is 25.2 Å². The van der Waals surface area contributed by atoms with Crippen molar-refractivity contribution in [2.45, 2.75) is 32.6 Å². The average molecular weight is 618 g/mol. The zero-order chi connectivity index (χ0) is 32.1. The highest BCUT2D eigenvalue weighted by molar-refractivity contribution is 5.94. The summed E-state index contributed by atoms with van der Waals surface area (Å²) >= 11 is 0. The number of H-pyrrole nitrogens is 2. The van der Waals surface area contributed by atoms with Crippen molar-refractivity contribution < 1.29 is 30.0 Å². The number of hydrogen-bond donors (Lipinski definition) is 7. The fraction of sp³-hybridized carbons (Fsp3) is 0.171. The fourth-order valence-corrected chi connectivity index (χ4v) is 6.13. The summed E-state index contributed by atoms with van der Waals surface area (Å²) in [6.07, 6.45) is 2.07.